The van der Waals surface area contributed by atoms with Crippen molar-refractivity contribution in [1.82, 2.24) is 0 Å². The van der Waals surface area contributed by atoms with Crippen LogP contribution >= 0.6 is 39.1 Å². The third-order valence-electron chi connectivity index (χ3n) is 2.71. The predicted octanol–water partition coefficient (Wildman–Crippen LogP) is 5.90. The number of benzene rings is 2. The highest BCUT2D eigenvalue weighted by molar-refractivity contribution is 9.10. The van der Waals surface area contributed by atoms with Crippen LogP contribution in [0.4, 0.5) is 8.78 Å². The minimum Gasteiger partial charge on any atom is -0.207 e. The van der Waals surface area contributed by atoms with Gasteiger partial charge in [0.05, 0.1) is 10.4 Å². The molecule has 1 atom stereocenters. The molecular weight excluding hydrogens is 357 g/mol. The highest BCUT2D eigenvalue weighted by Crippen LogP contribution is 2.30. The van der Waals surface area contributed by atoms with Crippen LogP contribution in [0.1, 0.15) is 16.5 Å². The maximum absolute atomic E-state index is 13.7. The normalized spacial score (nSPS) is 12.5. The second kappa shape index (κ2) is 6.21. The van der Waals surface area contributed by atoms with Crippen molar-refractivity contribution < 1.29 is 8.78 Å². The molecule has 0 aliphatic rings. The lowest BCUT2D eigenvalue weighted by molar-refractivity contribution is 0.582. The molecule has 0 N–H and O–H groups in total. The zero-order chi connectivity index (χ0) is 14.0. The minimum atomic E-state index is -0.667. The first kappa shape index (κ1) is 14.8. The van der Waals surface area contributed by atoms with Gasteiger partial charge in [-0.05, 0) is 36.2 Å². The average molecular weight is 366 g/mol. The van der Waals surface area contributed by atoms with Gasteiger partial charge in [0.2, 0.25) is 0 Å². The molecule has 5 heteroatoms. The first-order chi connectivity index (χ1) is 8.97. The summed E-state index contributed by atoms with van der Waals surface area (Å²) in [6.07, 6.45) is 0.410. The fourth-order valence-electron chi connectivity index (χ4n) is 1.72. The van der Waals surface area contributed by atoms with Crippen molar-refractivity contribution in [1.29, 1.82) is 0 Å². The van der Waals surface area contributed by atoms with E-state index in [0.717, 1.165) is 22.2 Å². The standard InChI is InChI=1S/C14H9BrCl2F2/c15-9-3-1-8(2-4-9)5-11(16)10-6-14(19)12(17)7-13(10)18/h1-4,6-7,11H,5H2. The molecule has 0 nitrogen and oxygen atoms in total. The molecule has 0 aliphatic carbocycles. The fraction of sp³-hybridized carbons (Fsp3) is 0.143. The third-order valence-corrected chi connectivity index (χ3v) is 3.91. The number of hydrogen-bond acceptors (Lipinski definition) is 0. The minimum absolute atomic E-state index is 0.117. The van der Waals surface area contributed by atoms with E-state index < -0.39 is 17.0 Å². The first-order valence-electron chi connectivity index (χ1n) is 5.50. The maximum atomic E-state index is 13.7. The summed E-state index contributed by atoms with van der Waals surface area (Å²) in [5.41, 5.74) is 1.06. The summed E-state index contributed by atoms with van der Waals surface area (Å²) >= 11 is 15.0. The lowest BCUT2D eigenvalue weighted by Crippen LogP contribution is -2.00. The molecule has 0 amide bonds. The molecule has 100 valence electrons. The van der Waals surface area contributed by atoms with E-state index in [1.165, 1.54) is 0 Å². The molecule has 19 heavy (non-hydrogen) atoms. The van der Waals surface area contributed by atoms with Crippen LogP contribution in [0.15, 0.2) is 40.9 Å². The van der Waals surface area contributed by atoms with Crippen molar-refractivity contribution >= 4 is 39.1 Å². The Morgan fingerprint density at radius 3 is 2.32 bits per heavy atom. The lowest BCUT2D eigenvalue weighted by Gasteiger charge is -2.12. The molecule has 0 bridgehead atoms. The van der Waals surface area contributed by atoms with Gasteiger partial charge in [-0.15, -0.1) is 11.6 Å². The van der Waals surface area contributed by atoms with Gasteiger partial charge in [-0.3, -0.25) is 0 Å². The molecule has 2 rings (SSSR count). The molecule has 0 aliphatic heterocycles. The third kappa shape index (κ3) is 3.68. The van der Waals surface area contributed by atoms with Crippen LogP contribution < -0.4 is 0 Å². The van der Waals surface area contributed by atoms with Gasteiger partial charge in [0.15, 0.2) is 0 Å². The zero-order valence-corrected chi connectivity index (χ0v) is 12.7. The summed E-state index contributed by atoms with van der Waals surface area (Å²) in [5.74, 6) is -1.26. The van der Waals surface area contributed by atoms with Crippen LogP contribution in [0.25, 0.3) is 0 Å². The van der Waals surface area contributed by atoms with Crippen LogP contribution in [0, 0.1) is 11.6 Å². The smallest absolute Gasteiger partial charge is 0.142 e. The average Bonchev–Trinajstić information content (AvgIpc) is 2.36. The van der Waals surface area contributed by atoms with Gasteiger partial charge in [-0.1, -0.05) is 39.7 Å². The van der Waals surface area contributed by atoms with E-state index >= 15 is 0 Å². The van der Waals surface area contributed by atoms with Gasteiger partial charge in [0.25, 0.3) is 0 Å². The molecule has 0 saturated heterocycles. The van der Waals surface area contributed by atoms with E-state index in [1.807, 2.05) is 24.3 Å². The molecule has 0 aromatic heterocycles. The Labute approximate surface area is 128 Å². The number of rotatable bonds is 3. The molecule has 1 unspecified atom stereocenters. The van der Waals surface area contributed by atoms with Crippen molar-refractivity contribution in [3.63, 3.8) is 0 Å². The summed E-state index contributed by atoms with van der Waals surface area (Å²) in [6, 6.07) is 9.50. The van der Waals surface area contributed by atoms with Gasteiger partial charge in [-0.2, -0.15) is 0 Å². The summed E-state index contributed by atoms with van der Waals surface area (Å²) < 4.78 is 28.0. The van der Waals surface area contributed by atoms with Crippen LogP contribution in [-0.4, -0.2) is 0 Å². The molecule has 0 heterocycles. The van der Waals surface area contributed by atoms with Crippen LogP contribution in [0.3, 0.4) is 0 Å². The molecule has 0 spiro atoms. The largest absolute Gasteiger partial charge is 0.207 e. The Bertz CT molecular complexity index is 585. The highest BCUT2D eigenvalue weighted by atomic mass is 79.9. The van der Waals surface area contributed by atoms with E-state index in [2.05, 4.69) is 15.9 Å². The molecular formula is C14H9BrCl2F2. The van der Waals surface area contributed by atoms with E-state index in [1.54, 1.807) is 0 Å². The van der Waals surface area contributed by atoms with Crippen molar-refractivity contribution in [2.24, 2.45) is 0 Å². The Kier molecular flexibility index (Phi) is 4.82. The van der Waals surface area contributed by atoms with Crippen LogP contribution in [0.2, 0.25) is 5.02 Å². The first-order valence-corrected chi connectivity index (χ1v) is 7.11. The monoisotopic (exact) mass is 364 g/mol. The Balaban J connectivity index is 2.22. The van der Waals surface area contributed by atoms with E-state index in [0.29, 0.717) is 6.42 Å². The topological polar surface area (TPSA) is 0 Å². The van der Waals surface area contributed by atoms with Crippen LogP contribution in [-0.2, 0) is 6.42 Å². The maximum Gasteiger partial charge on any atom is 0.142 e. The second-order valence-electron chi connectivity index (χ2n) is 4.09. The van der Waals surface area contributed by atoms with Crippen molar-refractivity contribution in [3.8, 4) is 0 Å². The van der Waals surface area contributed by atoms with E-state index in [-0.39, 0.29) is 10.6 Å². The second-order valence-corrected chi connectivity index (χ2v) is 5.94. The van der Waals surface area contributed by atoms with Crippen molar-refractivity contribution in [2.75, 3.05) is 0 Å². The summed E-state index contributed by atoms with van der Waals surface area (Å²) in [6.45, 7) is 0. The van der Waals surface area contributed by atoms with Gasteiger partial charge in [0, 0.05) is 10.0 Å². The van der Waals surface area contributed by atoms with E-state index in [4.69, 9.17) is 23.2 Å². The summed E-state index contributed by atoms with van der Waals surface area (Å²) in [5, 5.41) is -0.887. The Morgan fingerprint density at radius 2 is 1.68 bits per heavy atom. The Morgan fingerprint density at radius 1 is 1.05 bits per heavy atom. The predicted molar refractivity (Wildman–Crippen MR) is 77.8 cm³/mol. The van der Waals surface area contributed by atoms with Gasteiger partial charge < -0.3 is 0 Å². The van der Waals surface area contributed by atoms with Crippen molar-refractivity contribution in [2.45, 2.75) is 11.8 Å². The lowest BCUT2D eigenvalue weighted by atomic mass is 10.0. The highest BCUT2D eigenvalue weighted by Gasteiger charge is 2.16. The molecule has 0 fully saturated rings. The molecule has 2 aromatic carbocycles. The summed E-state index contributed by atoms with van der Waals surface area (Å²) in [4.78, 5) is 0. The fourth-order valence-corrected chi connectivity index (χ4v) is 2.48. The Hall–Kier alpha value is -0.640. The van der Waals surface area contributed by atoms with Crippen LogP contribution in [0.5, 0.6) is 0 Å². The molecule has 2 aromatic rings. The molecule has 0 radical (unpaired) electrons. The van der Waals surface area contributed by atoms with Gasteiger partial charge in [-0.25, -0.2) is 8.78 Å². The zero-order valence-electron chi connectivity index (χ0n) is 9.64. The van der Waals surface area contributed by atoms with Gasteiger partial charge >= 0.3 is 0 Å². The SMILES string of the molecule is Fc1cc(C(Cl)Cc2ccc(Br)cc2)c(F)cc1Cl. The summed E-state index contributed by atoms with van der Waals surface area (Å²) in [7, 11) is 0. The number of alkyl halides is 1. The number of halogens is 5. The van der Waals surface area contributed by atoms with Gasteiger partial charge in [0.1, 0.15) is 11.6 Å². The number of hydrogen-bond donors (Lipinski definition) is 0. The molecule has 0 saturated carbocycles. The van der Waals surface area contributed by atoms with E-state index in [9.17, 15) is 8.78 Å². The quantitative estimate of drug-likeness (QED) is 0.469. The van der Waals surface area contributed by atoms with Crippen molar-refractivity contribution in [3.05, 3.63) is 68.7 Å².